The molecule has 8 heteroatoms. The quantitative estimate of drug-likeness (QED) is 0.819. The molecule has 1 aliphatic heterocycles. The van der Waals surface area contributed by atoms with Gasteiger partial charge in [-0.3, -0.25) is 19.4 Å². The van der Waals surface area contributed by atoms with Gasteiger partial charge in [0.25, 0.3) is 5.91 Å². The van der Waals surface area contributed by atoms with E-state index in [1.807, 2.05) is 24.2 Å². The van der Waals surface area contributed by atoms with Crippen molar-refractivity contribution in [1.29, 1.82) is 0 Å². The van der Waals surface area contributed by atoms with Crippen molar-refractivity contribution in [2.75, 3.05) is 19.6 Å². The van der Waals surface area contributed by atoms with Gasteiger partial charge in [0, 0.05) is 45.2 Å². The summed E-state index contributed by atoms with van der Waals surface area (Å²) in [5.41, 5.74) is 1.73. The molecule has 0 saturated carbocycles. The maximum Gasteiger partial charge on any atom is 0.255 e. The Bertz CT molecular complexity index is 735. The second kappa shape index (κ2) is 6.86. The van der Waals surface area contributed by atoms with E-state index in [1.165, 1.54) is 6.20 Å². The smallest absolute Gasteiger partial charge is 0.255 e. The van der Waals surface area contributed by atoms with Crippen molar-refractivity contribution in [2.45, 2.75) is 19.8 Å². The zero-order chi connectivity index (χ0) is 17.1. The van der Waals surface area contributed by atoms with Crippen LogP contribution in [0.4, 0.5) is 0 Å². The minimum atomic E-state index is -0.203. The third-order valence-corrected chi connectivity index (χ3v) is 4.19. The SMILES string of the molecule is CCCN1CC(CNC(=O)c2cn[nH]c2-c2ccn(C)n2)CC1=O. The first kappa shape index (κ1) is 16.2. The number of nitrogens with zero attached hydrogens (tertiary/aromatic N) is 4. The average Bonchev–Trinajstić information content (AvgIpc) is 3.26. The summed E-state index contributed by atoms with van der Waals surface area (Å²) in [6.45, 7) is 4.04. The normalized spacial score (nSPS) is 17.5. The summed E-state index contributed by atoms with van der Waals surface area (Å²) < 4.78 is 1.67. The summed E-state index contributed by atoms with van der Waals surface area (Å²) in [6, 6.07) is 1.82. The van der Waals surface area contributed by atoms with Crippen LogP contribution in [0.15, 0.2) is 18.5 Å². The number of carbonyl (C=O) groups is 2. The molecule has 2 N–H and O–H groups in total. The van der Waals surface area contributed by atoms with Gasteiger partial charge in [0.2, 0.25) is 5.91 Å². The van der Waals surface area contributed by atoms with Gasteiger partial charge in [0.1, 0.15) is 5.69 Å². The van der Waals surface area contributed by atoms with Gasteiger partial charge in [0.15, 0.2) is 0 Å². The van der Waals surface area contributed by atoms with E-state index in [0.29, 0.717) is 36.5 Å². The largest absolute Gasteiger partial charge is 0.352 e. The molecule has 0 aliphatic carbocycles. The number of aromatic amines is 1. The van der Waals surface area contributed by atoms with Crippen LogP contribution in [-0.4, -0.2) is 56.3 Å². The number of aromatic nitrogens is 4. The van der Waals surface area contributed by atoms with E-state index < -0.39 is 0 Å². The fourth-order valence-corrected chi connectivity index (χ4v) is 3.01. The molecule has 2 aromatic heterocycles. The molecular formula is C16H22N6O2. The molecule has 3 rings (SSSR count). The summed E-state index contributed by atoms with van der Waals surface area (Å²) in [4.78, 5) is 26.2. The van der Waals surface area contributed by atoms with Gasteiger partial charge < -0.3 is 10.2 Å². The number of H-pyrrole nitrogens is 1. The molecule has 0 bridgehead atoms. The molecule has 1 unspecified atom stereocenters. The molecule has 128 valence electrons. The Balaban J connectivity index is 1.61. The molecule has 2 amide bonds. The van der Waals surface area contributed by atoms with Crippen LogP contribution < -0.4 is 5.32 Å². The van der Waals surface area contributed by atoms with Crippen LogP contribution in [0, 0.1) is 5.92 Å². The Hall–Kier alpha value is -2.64. The Kier molecular flexibility index (Phi) is 4.64. The predicted molar refractivity (Wildman–Crippen MR) is 88.1 cm³/mol. The molecule has 8 nitrogen and oxygen atoms in total. The minimum absolute atomic E-state index is 0.165. The molecule has 0 aromatic carbocycles. The summed E-state index contributed by atoms with van der Waals surface area (Å²) in [6.07, 6.45) is 4.76. The monoisotopic (exact) mass is 330 g/mol. The second-order valence-electron chi connectivity index (χ2n) is 6.15. The van der Waals surface area contributed by atoms with Crippen molar-refractivity contribution < 1.29 is 9.59 Å². The van der Waals surface area contributed by atoms with E-state index in [2.05, 4.69) is 27.5 Å². The zero-order valence-corrected chi connectivity index (χ0v) is 14.0. The van der Waals surface area contributed by atoms with Crippen LogP contribution in [-0.2, 0) is 11.8 Å². The standard InChI is InChI=1S/C16H22N6O2/c1-3-5-22-10-11(7-14(22)23)8-17-16(24)12-9-18-19-15(12)13-4-6-21(2)20-13/h4,6,9,11H,3,5,7-8,10H2,1-2H3,(H,17,24)(H,18,19). The lowest BCUT2D eigenvalue weighted by Crippen LogP contribution is -2.31. The first-order valence-electron chi connectivity index (χ1n) is 8.17. The van der Waals surface area contributed by atoms with Gasteiger partial charge in [-0.25, -0.2) is 0 Å². The third-order valence-electron chi connectivity index (χ3n) is 4.19. The van der Waals surface area contributed by atoms with E-state index in [-0.39, 0.29) is 17.7 Å². The van der Waals surface area contributed by atoms with E-state index in [0.717, 1.165) is 13.0 Å². The lowest BCUT2D eigenvalue weighted by molar-refractivity contribution is -0.127. The maximum atomic E-state index is 12.4. The summed E-state index contributed by atoms with van der Waals surface area (Å²) >= 11 is 0. The van der Waals surface area contributed by atoms with Gasteiger partial charge >= 0.3 is 0 Å². The highest BCUT2D eigenvalue weighted by Crippen LogP contribution is 2.20. The van der Waals surface area contributed by atoms with Crippen LogP contribution in [0.2, 0.25) is 0 Å². The summed E-state index contributed by atoms with van der Waals surface area (Å²) in [5.74, 6) is 0.137. The van der Waals surface area contributed by atoms with Gasteiger partial charge in [-0.2, -0.15) is 10.2 Å². The molecular weight excluding hydrogens is 308 g/mol. The van der Waals surface area contributed by atoms with Crippen molar-refractivity contribution in [3.05, 3.63) is 24.0 Å². The van der Waals surface area contributed by atoms with Gasteiger partial charge in [-0.05, 0) is 12.5 Å². The fourth-order valence-electron chi connectivity index (χ4n) is 3.01. The lowest BCUT2D eigenvalue weighted by atomic mass is 10.1. The zero-order valence-electron chi connectivity index (χ0n) is 14.0. The number of hydrogen-bond donors (Lipinski definition) is 2. The van der Waals surface area contributed by atoms with Gasteiger partial charge in [-0.1, -0.05) is 6.92 Å². The molecule has 3 heterocycles. The van der Waals surface area contributed by atoms with Crippen molar-refractivity contribution in [3.8, 4) is 11.4 Å². The highest BCUT2D eigenvalue weighted by Gasteiger charge is 2.29. The number of amides is 2. The van der Waals surface area contributed by atoms with Crippen LogP contribution >= 0.6 is 0 Å². The average molecular weight is 330 g/mol. The van der Waals surface area contributed by atoms with Crippen LogP contribution in [0.1, 0.15) is 30.1 Å². The van der Waals surface area contributed by atoms with Crippen LogP contribution in [0.5, 0.6) is 0 Å². The Morgan fingerprint density at radius 2 is 2.33 bits per heavy atom. The first-order valence-corrected chi connectivity index (χ1v) is 8.17. The number of rotatable bonds is 6. The van der Waals surface area contributed by atoms with Gasteiger partial charge in [0.05, 0.1) is 17.5 Å². The summed E-state index contributed by atoms with van der Waals surface area (Å²) in [7, 11) is 1.82. The molecule has 1 fully saturated rings. The Labute approximate surface area is 140 Å². The van der Waals surface area contributed by atoms with E-state index in [4.69, 9.17) is 0 Å². The second-order valence-corrected chi connectivity index (χ2v) is 6.15. The van der Waals surface area contributed by atoms with Crippen LogP contribution in [0.25, 0.3) is 11.4 Å². The molecule has 24 heavy (non-hydrogen) atoms. The Morgan fingerprint density at radius 3 is 3.04 bits per heavy atom. The van der Waals surface area contributed by atoms with Gasteiger partial charge in [-0.15, -0.1) is 0 Å². The first-order chi connectivity index (χ1) is 11.6. The number of nitrogens with one attached hydrogen (secondary N) is 2. The maximum absolute atomic E-state index is 12.4. The molecule has 2 aromatic rings. The number of carbonyl (C=O) groups excluding carboxylic acids is 2. The topological polar surface area (TPSA) is 95.9 Å². The molecule has 1 atom stereocenters. The Morgan fingerprint density at radius 1 is 1.50 bits per heavy atom. The van der Waals surface area contributed by atoms with Crippen molar-refractivity contribution in [1.82, 2.24) is 30.2 Å². The molecule has 1 saturated heterocycles. The van der Waals surface area contributed by atoms with E-state index in [9.17, 15) is 9.59 Å². The van der Waals surface area contributed by atoms with E-state index in [1.54, 1.807) is 4.68 Å². The highest BCUT2D eigenvalue weighted by molar-refractivity contribution is 5.99. The molecule has 0 radical (unpaired) electrons. The lowest BCUT2D eigenvalue weighted by Gasteiger charge is -2.15. The molecule has 1 aliphatic rings. The number of likely N-dealkylation sites (tertiary alicyclic amines) is 1. The number of aryl methyl sites for hydroxylation is 1. The fraction of sp³-hybridized carbons (Fsp3) is 0.500. The predicted octanol–water partition coefficient (Wildman–Crippen LogP) is 0.798. The number of hydrogen-bond acceptors (Lipinski definition) is 4. The minimum Gasteiger partial charge on any atom is -0.352 e. The van der Waals surface area contributed by atoms with Crippen molar-refractivity contribution >= 4 is 11.8 Å². The highest BCUT2D eigenvalue weighted by atomic mass is 16.2. The summed E-state index contributed by atoms with van der Waals surface area (Å²) in [5, 5.41) is 14.0. The van der Waals surface area contributed by atoms with E-state index >= 15 is 0 Å². The van der Waals surface area contributed by atoms with Crippen molar-refractivity contribution in [2.24, 2.45) is 13.0 Å². The molecule has 0 spiro atoms. The van der Waals surface area contributed by atoms with Crippen LogP contribution in [0.3, 0.4) is 0 Å². The van der Waals surface area contributed by atoms with Crippen molar-refractivity contribution in [3.63, 3.8) is 0 Å². The third kappa shape index (κ3) is 3.32.